The number of alkyl halides is 2. The van der Waals surface area contributed by atoms with Crippen LogP contribution in [-0.4, -0.2) is 61.8 Å². The van der Waals surface area contributed by atoms with Crippen LogP contribution in [0.2, 0.25) is 0 Å². The lowest BCUT2D eigenvalue weighted by Crippen LogP contribution is -2.52. The summed E-state index contributed by atoms with van der Waals surface area (Å²) < 4.78 is 5.16. The van der Waals surface area contributed by atoms with Crippen molar-refractivity contribution in [2.75, 3.05) is 13.7 Å². The molecule has 2 aromatic carbocycles. The number of hydrazine groups is 1. The standard InChI is InChI=1S/C24H21Br2N3O7/c1-36-16-7-3-4-13(9-16)21(30)12-27(22(31)14-5-2-6-15(8-14)29(34)35)28-23(32)17-10-19(25)20(26)11-18(17)24(28)33/h2-9,17-20H,10-12H2,1H3/t17-,18+,19-,20-/m0/s1. The van der Waals surface area contributed by atoms with Gasteiger partial charge >= 0.3 is 0 Å². The summed E-state index contributed by atoms with van der Waals surface area (Å²) in [6, 6.07) is 11.2. The summed E-state index contributed by atoms with van der Waals surface area (Å²) in [6.07, 6.45) is 0.759. The Labute approximate surface area is 222 Å². The monoisotopic (exact) mass is 621 g/mol. The van der Waals surface area contributed by atoms with Crippen LogP contribution in [0.15, 0.2) is 48.5 Å². The zero-order valence-electron chi connectivity index (χ0n) is 19.0. The molecule has 0 unspecified atom stereocenters. The van der Waals surface area contributed by atoms with E-state index in [0.717, 1.165) is 16.1 Å². The Kier molecular flexibility index (Phi) is 7.55. The highest BCUT2D eigenvalue weighted by atomic mass is 79.9. The lowest BCUT2D eigenvalue weighted by Gasteiger charge is -2.30. The topological polar surface area (TPSA) is 127 Å². The highest BCUT2D eigenvalue weighted by molar-refractivity contribution is 9.12. The number of halogens is 2. The van der Waals surface area contributed by atoms with Crippen LogP contribution in [-0.2, 0) is 9.59 Å². The van der Waals surface area contributed by atoms with Gasteiger partial charge in [0.15, 0.2) is 5.78 Å². The molecule has 36 heavy (non-hydrogen) atoms. The van der Waals surface area contributed by atoms with E-state index >= 15 is 0 Å². The number of nitrogens with zero attached hydrogens (tertiary/aromatic N) is 3. The van der Waals surface area contributed by atoms with Gasteiger partial charge in [-0.15, -0.1) is 0 Å². The maximum absolute atomic E-state index is 13.6. The van der Waals surface area contributed by atoms with Crippen LogP contribution in [0.25, 0.3) is 0 Å². The summed E-state index contributed by atoms with van der Waals surface area (Å²) >= 11 is 7.05. The Hall–Kier alpha value is -3.12. The first kappa shape index (κ1) is 26.0. The number of carbonyl (C=O) groups is 4. The number of nitro benzene ring substituents is 1. The molecule has 0 bridgehead atoms. The smallest absolute Gasteiger partial charge is 0.273 e. The van der Waals surface area contributed by atoms with Gasteiger partial charge in [-0.05, 0) is 31.0 Å². The second kappa shape index (κ2) is 10.5. The maximum Gasteiger partial charge on any atom is 0.273 e. The van der Waals surface area contributed by atoms with Gasteiger partial charge in [-0.1, -0.05) is 50.1 Å². The predicted molar refractivity (Wildman–Crippen MR) is 135 cm³/mol. The number of imide groups is 1. The molecule has 1 saturated heterocycles. The number of benzene rings is 2. The fraction of sp³-hybridized carbons (Fsp3) is 0.333. The van der Waals surface area contributed by atoms with Crippen molar-refractivity contribution in [2.24, 2.45) is 11.8 Å². The third-order valence-corrected chi connectivity index (χ3v) is 9.09. The second-order valence-electron chi connectivity index (χ2n) is 8.53. The molecule has 0 radical (unpaired) electrons. The molecule has 1 heterocycles. The molecular weight excluding hydrogens is 602 g/mol. The van der Waals surface area contributed by atoms with Gasteiger partial charge in [-0.2, -0.15) is 5.01 Å². The summed E-state index contributed by atoms with van der Waals surface area (Å²) in [5, 5.41) is 12.8. The maximum atomic E-state index is 13.6. The Balaban J connectivity index is 1.72. The first-order valence-corrected chi connectivity index (χ1v) is 12.8. The van der Waals surface area contributed by atoms with Gasteiger partial charge in [0.05, 0.1) is 23.9 Å². The van der Waals surface area contributed by atoms with Crippen molar-refractivity contribution in [2.45, 2.75) is 22.5 Å². The van der Waals surface area contributed by atoms with E-state index in [0.29, 0.717) is 18.6 Å². The molecule has 188 valence electrons. The van der Waals surface area contributed by atoms with Gasteiger partial charge in [0.1, 0.15) is 12.3 Å². The van der Waals surface area contributed by atoms with Crippen LogP contribution in [0.3, 0.4) is 0 Å². The normalized spacial score (nSPS) is 23.2. The van der Waals surface area contributed by atoms with Crippen molar-refractivity contribution >= 4 is 61.1 Å². The van der Waals surface area contributed by atoms with Crippen LogP contribution in [0.5, 0.6) is 5.75 Å². The number of nitro groups is 1. The van der Waals surface area contributed by atoms with Crippen LogP contribution in [0, 0.1) is 22.0 Å². The number of ether oxygens (including phenoxy) is 1. The number of ketones is 1. The molecule has 4 rings (SSSR count). The summed E-state index contributed by atoms with van der Waals surface area (Å²) in [6.45, 7) is -0.624. The molecule has 2 aromatic rings. The SMILES string of the molecule is COc1cccc(C(=O)CN(C(=O)c2cccc([N+](=O)[O-])c2)N2C(=O)[C@H]3C[C@H](Br)[C@@H](Br)C[C@H]3C2=O)c1. The van der Waals surface area contributed by atoms with Crippen molar-refractivity contribution in [3.8, 4) is 5.75 Å². The zero-order valence-corrected chi connectivity index (χ0v) is 22.2. The van der Waals surface area contributed by atoms with E-state index < -0.39 is 46.8 Å². The second-order valence-corrected chi connectivity index (χ2v) is 10.9. The third kappa shape index (κ3) is 4.92. The van der Waals surface area contributed by atoms with E-state index in [4.69, 9.17) is 4.74 Å². The van der Waals surface area contributed by atoms with Crippen molar-refractivity contribution in [3.63, 3.8) is 0 Å². The number of methoxy groups -OCH3 is 1. The van der Waals surface area contributed by atoms with E-state index in [-0.39, 0.29) is 26.5 Å². The summed E-state index contributed by atoms with van der Waals surface area (Å²) in [5.41, 5.74) is -0.254. The molecule has 12 heteroatoms. The molecule has 10 nitrogen and oxygen atoms in total. The third-order valence-electron chi connectivity index (χ3n) is 6.35. The average Bonchev–Trinajstić information content (AvgIpc) is 3.11. The van der Waals surface area contributed by atoms with E-state index in [1.807, 2.05) is 0 Å². The number of amides is 3. The number of rotatable bonds is 7. The Bertz CT molecular complexity index is 1230. The first-order valence-electron chi connectivity index (χ1n) is 11.0. The van der Waals surface area contributed by atoms with Crippen LogP contribution < -0.4 is 4.74 Å². The number of carbonyl (C=O) groups excluding carboxylic acids is 4. The first-order chi connectivity index (χ1) is 17.1. The molecule has 0 N–H and O–H groups in total. The van der Waals surface area contributed by atoms with E-state index in [1.54, 1.807) is 12.1 Å². The lowest BCUT2D eigenvalue weighted by atomic mass is 9.81. The number of hydrogen-bond donors (Lipinski definition) is 0. The highest BCUT2D eigenvalue weighted by Crippen LogP contribution is 2.43. The van der Waals surface area contributed by atoms with E-state index in [2.05, 4.69) is 31.9 Å². The average molecular weight is 623 g/mol. The minimum Gasteiger partial charge on any atom is -0.497 e. The van der Waals surface area contributed by atoms with Gasteiger partial charge in [0.25, 0.3) is 23.4 Å². The minimum absolute atomic E-state index is 0.0465. The molecule has 1 aliphatic carbocycles. The molecule has 0 aromatic heterocycles. The van der Waals surface area contributed by atoms with Gasteiger partial charge in [0.2, 0.25) is 0 Å². The van der Waals surface area contributed by atoms with Crippen LogP contribution in [0.4, 0.5) is 5.69 Å². The summed E-state index contributed by atoms with van der Waals surface area (Å²) in [7, 11) is 1.44. The fourth-order valence-electron chi connectivity index (χ4n) is 4.47. The van der Waals surface area contributed by atoms with Crippen molar-refractivity contribution < 1.29 is 28.8 Å². The Morgan fingerprint density at radius 2 is 1.61 bits per heavy atom. The Morgan fingerprint density at radius 3 is 2.19 bits per heavy atom. The Morgan fingerprint density at radius 1 is 1.03 bits per heavy atom. The van der Waals surface area contributed by atoms with Gasteiger partial charge < -0.3 is 4.74 Å². The van der Waals surface area contributed by atoms with E-state index in [1.165, 1.54) is 37.4 Å². The number of Topliss-reactive ketones (excluding diaryl/α,β-unsaturated/α-hetero) is 1. The molecule has 2 aliphatic rings. The molecule has 3 amide bonds. The van der Waals surface area contributed by atoms with Crippen LogP contribution >= 0.6 is 31.9 Å². The molecule has 0 spiro atoms. The van der Waals surface area contributed by atoms with Gasteiger partial charge in [-0.25, -0.2) is 5.01 Å². The van der Waals surface area contributed by atoms with Gasteiger partial charge in [-0.3, -0.25) is 29.3 Å². The largest absolute Gasteiger partial charge is 0.497 e. The number of hydrogen-bond acceptors (Lipinski definition) is 7. The molecular formula is C24H21Br2N3O7. The van der Waals surface area contributed by atoms with Gasteiger partial charge in [0, 0.05) is 32.9 Å². The van der Waals surface area contributed by atoms with E-state index in [9.17, 15) is 29.3 Å². The number of fused-ring (bicyclic) bond motifs is 1. The quantitative estimate of drug-likeness (QED) is 0.151. The lowest BCUT2D eigenvalue weighted by molar-refractivity contribution is -0.384. The summed E-state index contributed by atoms with van der Waals surface area (Å²) in [5.74, 6) is -3.45. The zero-order chi connectivity index (χ0) is 26.1. The minimum atomic E-state index is -0.874. The van der Waals surface area contributed by atoms with Crippen molar-refractivity contribution in [3.05, 3.63) is 69.8 Å². The molecule has 1 saturated carbocycles. The van der Waals surface area contributed by atoms with Crippen LogP contribution in [0.1, 0.15) is 33.6 Å². The highest BCUT2D eigenvalue weighted by Gasteiger charge is 2.54. The van der Waals surface area contributed by atoms with Crippen molar-refractivity contribution in [1.29, 1.82) is 0 Å². The number of non-ortho nitro benzene ring substituents is 1. The van der Waals surface area contributed by atoms with Crippen molar-refractivity contribution in [1.82, 2.24) is 10.0 Å². The fourth-order valence-corrected chi connectivity index (χ4v) is 5.71. The molecule has 1 aliphatic heterocycles. The summed E-state index contributed by atoms with van der Waals surface area (Å²) in [4.78, 5) is 64.1. The predicted octanol–water partition coefficient (Wildman–Crippen LogP) is 3.77. The molecule has 4 atom stereocenters. The molecule has 2 fully saturated rings.